The first-order chi connectivity index (χ1) is 8.22. The fourth-order valence-corrected chi connectivity index (χ4v) is 1.79. The number of benzene rings is 1. The molecule has 5 heteroatoms. The van der Waals surface area contributed by atoms with E-state index >= 15 is 0 Å². The lowest BCUT2D eigenvalue weighted by molar-refractivity contribution is 0.902. The number of rotatable bonds is 2. The smallest absolute Gasteiger partial charge is 0.223 e. The predicted octanol–water partition coefficient (Wildman–Crippen LogP) is 2.65. The molecule has 1 fully saturated rings. The number of hydrogen-bond acceptors (Lipinski definition) is 4. The Labute approximate surface area is 104 Å². The topological polar surface area (TPSA) is 64.7 Å². The number of nitrogens with zero attached hydrogens (tertiary/aromatic N) is 3. The molecule has 3 rings (SSSR count). The molecular formula is C12H11ClN4. The minimum atomic E-state index is 0.284. The third-order valence-electron chi connectivity index (χ3n) is 2.71. The number of anilines is 1. The molecule has 1 aromatic carbocycles. The van der Waals surface area contributed by atoms with E-state index in [1.807, 2.05) is 24.3 Å². The molecule has 1 saturated carbocycles. The van der Waals surface area contributed by atoms with Crippen LogP contribution in [0.15, 0.2) is 24.3 Å². The lowest BCUT2D eigenvalue weighted by Crippen LogP contribution is -2.03. The zero-order chi connectivity index (χ0) is 11.8. The Kier molecular flexibility index (Phi) is 2.44. The Balaban J connectivity index is 2.04. The van der Waals surface area contributed by atoms with E-state index in [1.54, 1.807) is 0 Å². The minimum Gasteiger partial charge on any atom is -0.368 e. The molecule has 0 amide bonds. The summed E-state index contributed by atoms with van der Waals surface area (Å²) in [4.78, 5) is 12.8. The second-order valence-electron chi connectivity index (χ2n) is 4.16. The third kappa shape index (κ3) is 2.22. The molecule has 2 N–H and O–H groups in total. The van der Waals surface area contributed by atoms with Gasteiger partial charge in [0.15, 0.2) is 5.82 Å². The first kappa shape index (κ1) is 10.5. The molecule has 0 radical (unpaired) electrons. The van der Waals surface area contributed by atoms with E-state index < -0.39 is 0 Å². The van der Waals surface area contributed by atoms with Crippen LogP contribution in [-0.4, -0.2) is 15.0 Å². The fourth-order valence-electron chi connectivity index (χ4n) is 1.66. The van der Waals surface area contributed by atoms with Crippen LogP contribution in [0.5, 0.6) is 0 Å². The highest BCUT2D eigenvalue weighted by Crippen LogP contribution is 2.38. The van der Waals surface area contributed by atoms with Crippen LogP contribution in [0.3, 0.4) is 0 Å². The van der Waals surface area contributed by atoms with Crippen molar-refractivity contribution in [3.63, 3.8) is 0 Å². The standard InChI is InChI=1S/C12H11ClN4/c13-9-5-3-8(4-6-9)11-15-10(7-1-2-7)16-12(14)17-11/h3-7H,1-2H2,(H2,14,15,16,17). The van der Waals surface area contributed by atoms with Crippen LogP contribution in [0.1, 0.15) is 24.6 Å². The largest absolute Gasteiger partial charge is 0.368 e. The summed E-state index contributed by atoms with van der Waals surface area (Å²) in [7, 11) is 0. The zero-order valence-electron chi connectivity index (χ0n) is 9.10. The average molecular weight is 247 g/mol. The van der Waals surface area contributed by atoms with Gasteiger partial charge in [0.2, 0.25) is 5.95 Å². The molecule has 0 atom stereocenters. The van der Waals surface area contributed by atoms with Crippen LogP contribution in [0, 0.1) is 0 Å². The van der Waals surface area contributed by atoms with Gasteiger partial charge < -0.3 is 5.73 Å². The maximum absolute atomic E-state index is 5.84. The number of halogens is 1. The summed E-state index contributed by atoms with van der Waals surface area (Å²) in [5.41, 5.74) is 6.61. The molecule has 1 heterocycles. The molecule has 0 unspecified atom stereocenters. The van der Waals surface area contributed by atoms with Gasteiger partial charge in [-0.05, 0) is 37.1 Å². The third-order valence-corrected chi connectivity index (χ3v) is 2.97. The molecule has 2 aromatic rings. The maximum Gasteiger partial charge on any atom is 0.223 e. The number of nitrogens with two attached hydrogens (primary N) is 1. The molecule has 1 aromatic heterocycles. The predicted molar refractivity (Wildman–Crippen MR) is 66.7 cm³/mol. The number of nitrogen functional groups attached to an aromatic ring is 1. The van der Waals surface area contributed by atoms with Crippen molar-refractivity contribution in [3.05, 3.63) is 35.1 Å². The average Bonchev–Trinajstić information content (AvgIpc) is 3.13. The fraction of sp³-hybridized carbons (Fsp3) is 0.250. The first-order valence-corrected chi connectivity index (χ1v) is 5.87. The van der Waals surface area contributed by atoms with Gasteiger partial charge >= 0.3 is 0 Å². The Morgan fingerprint density at radius 3 is 2.41 bits per heavy atom. The van der Waals surface area contributed by atoms with Crippen molar-refractivity contribution in [2.75, 3.05) is 5.73 Å². The van der Waals surface area contributed by atoms with Gasteiger partial charge in [-0.1, -0.05) is 11.6 Å². The molecule has 0 saturated heterocycles. The van der Waals surface area contributed by atoms with E-state index in [0.29, 0.717) is 16.8 Å². The Bertz CT molecular complexity index is 549. The van der Waals surface area contributed by atoms with Crippen molar-refractivity contribution in [2.24, 2.45) is 0 Å². The van der Waals surface area contributed by atoms with Crippen LogP contribution in [-0.2, 0) is 0 Å². The van der Waals surface area contributed by atoms with Crippen molar-refractivity contribution in [1.29, 1.82) is 0 Å². The van der Waals surface area contributed by atoms with Gasteiger partial charge in [-0.3, -0.25) is 0 Å². The molecule has 1 aliphatic rings. The minimum absolute atomic E-state index is 0.284. The van der Waals surface area contributed by atoms with Crippen LogP contribution in [0.2, 0.25) is 5.02 Å². The van der Waals surface area contributed by atoms with E-state index in [9.17, 15) is 0 Å². The summed E-state index contributed by atoms with van der Waals surface area (Å²) in [5, 5.41) is 0.693. The van der Waals surface area contributed by atoms with Crippen LogP contribution in [0.4, 0.5) is 5.95 Å². The van der Waals surface area contributed by atoms with Crippen LogP contribution >= 0.6 is 11.6 Å². The molecule has 0 bridgehead atoms. The van der Waals surface area contributed by atoms with Crippen molar-refractivity contribution < 1.29 is 0 Å². The molecule has 1 aliphatic carbocycles. The summed E-state index contributed by atoms with van der Waals surface area (Å²) in [5.74, 6) is 2.18. The molecule has 86 valence electrons. The highest BCUT2D eigenvalue weighted by atomic mass is 35.5. The second-order valence-corrected chi connectivity index (χ2v) is 4.59. The molecule has 0 spiro atoms. The van der Waals surface area contributed by atoms with Gasteiger partial charge in [0.1, 0.15) is 5.82 Å². The maximum atomic E-state index is 5.84. The summed E-state index contributed by atoms with van der Waals surface area (Å²) in [6.45, 7) is 0. The summed E-state index contributed by atoms with van der Waals surface area (Å²) >= 11 is 5.84. The second kappa shape index (κ2) is 3.96. The highest BCUT2D eigenvalue weighted by Gasteiger charge is 2.27. The van der Waals surface area contributed by atoms with Crippen molar-refractivity contribution >= 4 is 17.5 Å². The molecule has 4 nitrogen and oxygen atoms in total. The quantitative estimate of drug-likeness (QED) is 0.885. The van der Waals surface area contributed by atoms with E-state index in [-0.39, 0.29) is 5.95 Å². The normalized spacial score (nSPS) is 14.9. The van der Waals surface area contributed by atoms with Gasteiger partial charge in [-0.25, -0.2) is 4.98 Å². The highest BCUT2D eigenvalue weighted by molar-refractivity contribution is 6.30. The Morgan fingerprint density at radius 2 is 1.76 bits per heavy atom. The van der Waals surface area contributed by atoms with Gasteiger partial charge in [0, 0.05) is 16.5 Å². The lowest BCUT2D eigenvalue weighted by atomic mass is 10.2. The monoisotopic (exact) mass is 246 g/mol. The molecular weight excluding hydrogens is 236 g/mol. The van der Waals surface area contributed by atoms with Crippen molar-refractivity contribution in [2.45, 2.75) is 18.8 Å². The van der Waals surface area contributed by atoms with E-state index in [2.05, 4.69) is 15.0 Å². The Hall–Kier alpha value is -1.68. The van der Waals surface area contributed by atoms with Crippen LogP contribution < -0.4 is 5.73 Å². The summed E-state index contributed by atoms with van der Waals surface area (Å²) in [6.07, 6.45) is 2.28. The zero-order valence-corrected chi connectivity index (χ0v) is 9.85. The van der Waals surface area contributed by atoms with E-state index in [1.165, 1.54) is 0 Å². The van der Waals surface area contributed by atoms with Crippen LogP contribution in [0.25, 0.3) is 11.4 Å². The molecule has 17 heavy (non-hydrogen) atoms. The van der Waals surface area contributed by atoms with Gasteiger partial charge in [0.25, 0.3) is 0 Å². The van der Waals surface area contributed by atoms with Gasteiger partial charge in [0.05, 0.1) is 0 Å². The van der Waals surface area contributed by atoms with Gasteiger partial charge in [-0.15, -0.1) is 0 Å². The summed E-state index contributed by atoms with van der Waals surface area (Å²) < 4.78 is 0. The lowest BCUT2D eigenvalue weighted by Gasteiger charge is -2.04. The number of hydrogen-bond donors (Lipinski definition) is 1. The van der Waals surface area contributed by atoms with Crippen molar-refractivity contribution in [3.8, 4) is 11.4 Å². The number of aromatic nitrogens is 3. The van der Waals surface area contributed by atoms with E-state index in [4.69, 9.17) is 17.3 Å². The first-order valence-electron chi connectivity index (χ1n) is 5.50. The Morgan fingerprint density at radius 1 is 1.06 bits per heavy atom. The van der Waals surface area contributed by atoms with Crippen molar-refractivity contribution in [1.82, 2.24) is 15.0 Å². The summed E-state index contributed by atoms with van der Waals surface area (Å²) in [6, 6.07) is 7.39. The van der Waals surface area contributed by atoms with E-state index in [0.717, 1.165) is 24.2 Å². The van der Waals surface area contributed by atoms with Gasteiger partial charge in [-0.2, -0.15) is 9.97 Å². The SMILES string of the molecule is Nc1nc(-c2ccc(Cl)cc2)nc(C2CC2)n1. The molecule has 0 aliphatic heterocycles.